The molecule has 0 fully saturated rings. The summed E-state index contributed by atoms with van der Waals surface area (Å²) in [5, 5.41) is 2.97. The summed E-state index contributed by atoms with van der Waals surface area (Å²) in [6.07, 6.45) is 1.76. The molecule has 0 radical (unpaired) electrons. The highest BCUT2D eigenvalue weighted by Gasteiger charge is 2.09. The van der Waals surface area contributed by atoms with Crippen molar-refractivity contribution in [1.82, 2.24) is 9.97 Å². The molecular formula is C12H11Cl2N2PS. The zero-order valence-corrected chi connectivity index (χ0v) is 13.1. The fourth-order valence-corrected chi connectivity index (χ4v) is 3.39. The summed E-state index contributed by atoms with van der Waals surface area (Å²) < 4.78 is 0. The number of hydrogen-bond donors (Lipinski definition) is 0. The average molecular weight is 317 g/mol. The highest BCUT2D eigenvalue weighted by Crippen LogP contribution is 2.29. The van der Waals surface area contributed by atoms with E-state index in [0.717, 1.165) is 21.7 Å². The van der Waals surface area contributed by atoms with E-state index in [1.165, 1.54) is 0 Å². The molecule has 0 spiro atoms. The van der Waals surface area contributed by atoms with Crippen LogP contribution in [0.25, 0.3) is 0 Å². The highest BCUT2D eigenvalue weighted by atomic mass is 35.5. The van der Waals surface area contributed by atoms with Crippen LogP contribution in [0.15, 0.2) is 29.6 Å². The second kappa shape index (κ2) is 6.21. The van der Waals surface area contributed by atoms with Crippen molar-refractivity contribution >= 4 is 49.5 Å². The summed E-state index contributed by atoms with van der Waals surface area (Å²) in [4.78, 5) is 8.54. The van der Waals surface area contributed by atoms with E-state index in [1.807, 2.05) is 19.1 Å². The van der Waals surface area contributed by atoms with Crippen LogP contribution in [0.4, 0.5) is 0 Å². The van der Waals surface area contributed by atoms with Gasteiger partial charge >= 0.3 is 0 Å². The standard InChI is InChI=1S/C12H11Cl2N2PS/c1-7-4-5-15-12(16-7)18-6-8-10(17)3-2-9(13)11(8)14/h2-5H,6,17H2,1H3. The average Bonchev–Trinajstić information content (AvgIpc) is 2.34. The number of aromatic nitrogens is 2. The van der Waals surface area contributed by atoms with Crippen LogP contribution in [0, 0.1) is 6.92 Å². The van der Waals surface area contributed by atoms with Crippen LogP contribution in [0.3, 0.4) is 0 Å². The quantitative estimate of drug-likeness (QED) is 0.488. The predicted octanol–water partition coefficient (Wildman–Crippen LogP) is 3.88. The van der Waals surface area contributed by atoms with Gasteiger partial charge in [0, 0.05) is 17.6 Å². The minimum absolute atomic E-state index is 0.573. The molecule has 6 heteroatoms. The van der Waals surface area contributed by atoms with Gasteiger partial charge < -0.3 is 0 Å². The molecule has 1 aromatic carbocycles. The molecule has 0 amide bonds. The lowest BCUT2D eigenvalue weighted by atomic mass is 10.2. The molecule has 1 unspecified atom stereocenters. The van der Waals surface area contributed by atoms with Crippen molar-refractivity contribution in [3.8, 4) is 0 Å². The Morgan fingerprint density at radius 2 is 2.06 bits per heavy atom. The van der Waals surface area contributed by atoms with Crippen molar-refractivity contribution < 1.29 is 0 Å². The van der Waals surface area contributed by atoms with Crippen LogP contribution >= 0.6 is 44.2 Å². The van der Waals surface area contributed by atoms with E-state index in [1.54, 1.807) is 24.0 Å². The Bertz CT molecular complexity index is 578. The van der Waals surface area contributed by atoms with E-state index in [-0.39, 0.29) is 0 Å². The lowest BCUT2D eigenvalue weighted by Crippen LogP contribution is -2.02. The molecule has 0 aliphatic rings. The van der Waals surface area contributed by atoms with E-state index >= 15 is 0 Å². The molecule has 94 valence electrons. The number of benzene rings is 1. The van der Waals surface area contributed by atoms with Crippen LogP contribution < -0.4 is 5.30 Å². The van der Waals surface area contributed by atoms with Gasteiger partial charge in [0.25, 0.3) is 0 Å². The predicted molar refractivity (Wildman–Crippen MR) is 82.1 cm³/mol. The molecule has 0 N–H and O–H groups in total. The van der Waals surface area contributed by atoms with Crippen LogP contribution in [-0.4, -0.2) is 9.97 Å². The molecule has 18 heavy (non-hydrogen) atoms. The summed E-state index contributed by atoms with van der Waals surface area (Å²) in [6, 6.07) is 5.60. The Balaban J connectivity index is 2.18. The van der Waals surface area contributed by atoms with Crippen molar-refractivity contribution in [2.24, 2.45) is 0 Å². The first-order chi connectivity index (χ1) is 8.58. The van der Waals surface area contributed by atoms with Crippen LogP contribution in [-0.2, 0) is 5.75 Å². The molecule has 2 nitrogen and oxygen atoms in total. The minimum atomic E-state index is 0.573. The third-order valence-corrected chi connectivity index (χ3v) is 4.62. The molecule has 1 aromatic heterocycles. The van der Waals surface area contributed by atoms with E-state index in [4.69, 9.17) is 23.2 Å². The molecule has 2 aromatic rings. The first kappa shape index (κ1) is 14.1. The number of thioether (sulfide) groups is 1. The van der Waals surface area contributed by atoms with E-state index in [0.29, 0.717) is 15.8 Å². The van der Waals surface area contributed by atoms with E-state index in [2.05, 4.69) is 19.2 Å². The van der Waals surface area contributed by atoms with Gasteiger partial charge in [-0.15, -0.1) is 9.24 Å². The smallest absolute Gasteiger partial charge is 0.188 e. The zero-order valence-electron chi connectivity index (χ0n) is 9.65. The SMILES string of the molecule is Cc1ccnc(SCc2c(P)ccc(Cl)c2Cl)n1. The van der Waals surface area contributed by atoms with Gasteiger partial charge in [-0.3, -0.25) is 0 Å². The summed E-state index contributed by atoms with van der Waals surface area (Å²) in [5.41, 5.74) is 1.96. The zero-order chi connectivity index (χ0) is 13.1. The van der Waals surface area contributed by atoms with Gasteiger partial charge in [0.15, 0.2) is 5.16 Å². The molecule has 0 aliphatic heterocycles. The Hall–Kier alpha value is -0.340. The second-order valence-electron chi connectivity index (χ2n) is 3.70. The molecule has 2 rings (SSSR count). The van der Waals surface area contributed by atoms with E-state index in [9.17, 15) is 0 Å². The molecule has 0 aliphatic carbocycles. The second-order valence-corrected chi connectivity index (χ2v) is 6.05. The first-order valence-corrected chi connectivity index (χ1v) is 7.54. The number of aryl methyl sites for hydroxylation is 1. The third-order valence-electron chi connectivity index (χ3n) is 2.35. The van der Waals surface area contributed by atoms with Crippen molar-refractivity contribution in [3.63, 3.8) is 0 Å². The van der Waals surface area contributed by atoms with Crippen LogP contribution in [0.2, 0.25) is 10.0 Å². The van der Waals surface area contributed by atoms with Crippen LogP contribution in [0.1, 0.15) is 11.3 Å². The van der Waals surface area contributed by atoms with E-state index < -0.39 is 0 Å². The summed E-state index contributed by atoms with van der Waals surface area (Å²) in [5.74, 6) is 0.696. The maximum atomic E-state index is 6.20. The summed E-state index contributed by atoms with van der Waals surface area (Å²) in [7, 11) is 2.67. The largest absolute Gasteiger partial charge is 0.231 e. The molecule has 0 bridgehead atoms. The third kappa shape index (κ3) is 3.36. The first-order valence-electron chi connectivity index (χ1n) is 5.22. The number of halogens is 2. The fourth-order valence-electron chi connectivity index (χ4n) is 1.39. The van der Waals surface area contributed by atoms with Crippen molar-refractivity contribution in [2.45, 2.75) is 17.8 Å². The maximum Gasteiger partial charge on any atom is 0.188 e. The summed E-state index contributed by atoms with van der Waals surface area (Å²) >= 11 is 13.8. The number of rotatable bonds is 3. The van der Waals surface area contributed by atoms with Gasteiger partial charge in [-0.1, -0.05) is 41.0 Å². The van der Waals surface area contributed by atoms with Crippen molar-refractivity contribution in [2.75, 3.05) is 0 Å². The maximum absolute atomic E-state index is 6.20. The molecular weight excluding hydrogens is 306 g/mol. The molecule has 0 saturated heterocycles. The van der Waals surface area contributed by atoms with Gasteiger partial charge in [0.1, 0.15) is 0 Å². The van der Waals surface area contributed by atoms with Gasteiger partial charge in [-0.2, -0.15) is 0 Å². The summed E-state index contributed by atoms with van der Waals surface area (Å²) in [6.45, 7) is 1.94. The Labute approximate surface area is 123 Å². The normalized spacial score (nSPS) is 10.7. The topological polar surface area (TPSA) is 25.8 Å². The molecule has 1 heterocycles. The Kier molecular flexibility index (Phi) is 4.85. The van der Waals surface area contributed by atoms with Crippen LogP contribution in [0.5, 0.6) is 0 Å². The minimum Gasteiger partial charge on any atom is -0.231 e. The lowest BCUT2D eigenvalue weighted by Gasteiger charge is -2.08. The monoisotopic (exact) mass is 316 g/mol. The van der Waals surface area contributed by atoms with Crippen molar-refractivity contribution in [1.29, 1.82) is 0 Å². The van der Waals surface area contributed by atoms with Gasteiger partial charge in [-0.05, 0) is 29.9 Å². The van der Waals surface area contributed by atoms with Crippen molar-refractivity contribution in [3.05, 3.63) is 45.7 Å². The Morgan fingerprint density at radius 1 is 1.28 bits per heavy atom. The Morgan fingerprint density at radius 3 is 2.78 bits per heavy atom. The van der Waals surface area contributed by atoms with Gasteiger partial charge in [0.2, 0.25) is 0 Å². The molecule has 1 atom stereocenters. The molecule has 0 saturated carbocycles. The van der Waals surface area contributed by atoms with Gasteiger partial charge in [-0.25, -0.2) is 9.97 Å². The highest BCUT2D eigenvalue weighted by molar-refractivity contribution is 7.98. The number of nitrogens with zero attached hydrogens (tertiary/aromatic N) is 2. The fraction of sp³-hybridized carbons (Fsp3) is 0.167. The number of hydrogen-bond acceptors (Lipinski definition) is 3. The lowest BCUT2D eigenvalue weighted by molar-refractivity contribution is 0.932. The van der Waals surface area contributed by atoms with Gasteiger partial charge in [0.05, 0.1) is 10.0 Å².